The number of urea groups is 1. The number of hydrogen-bond acceptors (Lipinski definition) is 5. The van der Waals surface area contributed by atoms with Crippen LogP contribution >= 0.6 is 0 Å². The fourth-order valence-electron chi connectivity index (χ4n) is 2.77. The van der Waals surface area contributed by atoms with Crippen molar-refractivity contribution in [2.45, 2.75) is 32.6 Å². The summed E-state index contributed by atoms with van der Waals surface area (Å²) in [6, 6.07) is 7.05. The molecule has 1 aliphatic heterocycles. The Hall–Kier alpha value is -2.54. The molecule has 2 aromatic heterocycles. The smallest absolute Gasteiger partial charge is 0.319 e. The van der Waals surface area contributed by atoms with Crippen LogP contribution in [-0.2, 0) is 11.3 Å². The molecule has 0 bridgehead atoms. The fraction of sp³-hybridized carbons (Fsp3) is 0.412. The molecule has 24 heavy (non-hydrogen) atoms. The van der Waals surface area contributed by atoms with E-state index in [0.717, 1.165) is 18.9 Å². The highest BCUT2D eigenvalue weighted by Crippen LogP contribution is 2.19. The predicted octanol–water partition coefficient (Wildman–Crippen LogP) is 2.61. The number of morpholine rings is 1. The van der Waals surface area contributed by atoms with Crippen molar-refractivity contribution < 1.29 is 13.9 Å². The Morgan fingerprint density at radius 3 is 2.71 bits per heavy atom. The summed E-state index contributed by atoms with van der Waals surface area (Å²) in [5.74, 6) is 1.59. The minimum Gasteiger partial charge on any atom is -0.467 e. The summed E-state index contributed by atoms with van der Waals surface area (Å²) in [5.41, 5.74) is 0.644. The first kappa shape index (κ1) is 16.3. The highest BCUT2D eigenvalue weighted by atomic mass is 16.5. The van der Waals surface area contributed by atoms with Crippen molar-refractivity contribution in [2.75, 3.05) is 23.3 Å². The van der Waals surface area contributed by atoms with Gasteiger partial charge in [-0.05, 0) is 38.1 Å². The van der Waals surface area contributed by atoms with Gasteiger partial charge in [-0.1, -0.05) is 0 Å². The summed E-state index contributed by atoms with van der Waals surface area (Å²) in [6.07, 6.45) is 3.60. The number of nitrogens with zero attached hydrogens (tertiary/aromatic N) is 2. The van der Waals surface area contributed by atoms with E-state index < -0.39 is 0 Å². The zero-order valence-electron chi connectivity index (χ0n) is 13.9. The third kappa shape index (κ3) is 4.26. The van der Waals surface area contributed by atoms with E-state index in [0.29, 0.717) is 18.0 Å². The molecular weight excluding hydrogens is 308 g/mol. The van der Waals surface area contributed by atoms with Crippen LogP contribution in [-0.4, -0.2) is 36.3 Å². The highest BCUT2D eigenvalue weighted by molar-refractivity contribution is 5.89. The van der Waals surface area contributed by atoms with E-state index in [4.69, 9.17) is 9.15 Å². The largest absolute Gasteiger partial charge is 0.467 e. The van der Waals surface area contributed by atoms with Gasteiger partial charge >= 0.3 is 6.03 Å². The quantitative estimate of drug-likeness (QED) is 0.901. The third-order valence-corrected chi connectivity index (χ3v) is 3.75. The topological polar surface area (TPSA) is 79.6 Å². The molecule has 0 saturated carbocycles. The number of nitrogens with one attached hydrogen (secondary N) is 2. The van der Waals surface area contributed by atoms with Gasteiger partial charge in [0.15, 0.2) is 0 Å². The molecule has 0 spiro atoms. The van der Waals surface area contributed by atoms with Crippen molar-refractivity contribution in [3.05, 3.63) is 42.5 Å². The molecular formula is C17H22N4O3. The van der Waals surface area contributed by atoms with Gasteiger partial charge < -0.3 is 24.7 Å². The van der Waals surface area contributed by atoms with Gasteiger partial charge in [0.1, 0.15) is 11.6 Å². The van der Waals surface area contributed by atoms with Crippen molar-refractivity contribution in [1.82, 2.24) is 10.3 Å². The number of amides is 2. The van der Waals surface area contributed by atoms with Gasteiger partial charge in [-0.3, -0.25) is 0 Å². The van der Waals surface area contributed by atoms with Crippen LogP contribution in [0.3, 0.4) is 0 Å². The number of carbonyl (C=O) groups is 1. The van der Waals surface area contributed by atoms with Crippen LogP contribution in [0.1, 0.15) is 19.6 Å². The first-order valence-corrected chi connectivity index (χ1v) is 8.04. The summed E-state index contributed by atoms with van der Waals surface area (Å²) >= 11 is 0. The number of anilines is 2. The molecule has 3 rings (SSSR count). The lowest BCUT2D eigenvalue weighted by atomic mass is 10.2. The maximum absolute atomic E-state index is 11.9. The molecule has 2 amide bonds. The van der Waals surface area contributed by atoms with Crippen molar-refractivity contribution in [3.63, 3.8) is 0 Å². The number of carbonyl (C=O) groups excluding carboxylic acids is 1. The minimum atomic E-state index is -0.297. The zero-order valence-corrected chi connectivity index (χ0v) is 13.9. The molecule has 2 atom stereocenters. The Morgan fingerprint density at radius 2 is 2.08 bits per heavy atom. The van der Waals surface area contributed by atoms with Crippen molar-refractivity contribution in [1.29, 1.82) is 0 Å². The van der Waals surface area contributed by atoms with Crippen LogP contribution in [0.4, 0.5) is 16.3 Å². The lowest BCUT2D eigenvalue weighted by Gasteiger charge is -2.36. The van der Waals surface area contributed by atoms with Crippen LogP contribution in [0.15, 0.2) is 41.1 Å². The van der Waals surface area contributed by atoms with Crippen LogP contribution in [0.5, 0.6) is 0 Å². The molecule has 7 nitrogen and oxygen atoms in total. The molecule has 0 radical (unpaired) electrons. The van der Waals surface area contributed by atoms with Crippen molar-refractivity contribution in [2.24, 2.45) is 0 Å². The molecule has 1 fully saturated rings. The Labute approximate surface area is 141 Å². The molecule has 1 saturated heterocycles. The average Bonchev–Trinajstić information content (AvgIpc) is 3.06. The van der Waals surface area contributed by atoms with E-state index in [9.17, 15) is 4.79 Å². The molecule has 128 valence electrons. The number of furan rings is 1. The SMILES string of the molecule is CC1CN(c2ccc(NC(=O)NCc3ccco3)cn2)CC(C)O1. The second-order valence-electron chi connectivity index (χ2n) is 5.95. The second kappa shape index (κ2) is 7.35. The van der Waals surface area contributed by atoms with Crippen LogP contribution < -0.4 is 15.5 Å². The van der Waals surface area contributed by atoms with Gasteiger partial charge in [-0.25, -0.2) is 9.78 Å². The van der Waals surface area contributed by atoms with Crippen LogP contribution in [0.25, 0.3) is 0 Å². The standard InChI is InChI=1S/C17H22N4O3/c1-12-10-21(11-13(2)24-12)16-6-5-14(8-18-16)20-17(22)19-9-15-4-3-7-23-15/h3-8,12-13H,9-11H2,1-2H3,(H2,19,20,22). The fourth-order valence-corrected chi connectivity index (χ4v) is 2.77. The van der Waals surface area contributed by atoms with Gasteiger partial charge in [-0.15, -0.1) is 0 Å². The summed E-state index contributed by atoms with van der Waals surface area (Å²) in [6.45, 7) is 6.08. The normalized spacial score (nSPS) is 20.7. The van der Waals surface area contributed by atoms with E-state index in [-0.39, 0.29) is 18.2 Å². The molecule has 2 aromatic rings. The number of aromatic nitrogens is 1. The van der Waals surface area contributed by atoms with Crippen molar-refractivity contribution >= 4 is 17.5 Å². The predicted molar refractivity (Wildman–Crippen MR) is 91.0 cm³/mol. The zero-order chi connectivity index (χ0) is 16.9. The second-order valence-corrected chi connectivity index (χ2v) is 5.95. The van der Waals surface area contributed by atoms with Crippen molar-refractivity contribution in [3.8, 4) is 0 Å². The summed E-state index contributed by atoms with van der Waals surface area (Å²) in [7, 11) is 0. The van der Waals surface area contributed by atoms with Crippen LogP contribution in [0.2, 0.25) is 0 Å². The maximum Gasteiger partial charge on any atom is 0.319 e. The van der Waals surface area contributed by atoms with E-state index in [1.807, 2.05) is 12.1 Å². The van der Waals surface area contributed by atoms with E-state index in [2.05, 4.69) is 34.4 Å². The van der Waals surface area contributed by atoms with Gasteiger partial charge in [0.2, 0.25) is 0 Å². The molecule has 0 aromatic carbocycles. The third-order valence-electron chi connectivity index (χ3n) is 3.75. The molecule has 3 heterocycles. The first-order valence-electron chi connectivity index (χ1n) is 8.04. The first-order chi connectivity index (χ1) is 11.6. The van der Waals surface area contributed by atoms with Gasteiger partial charge in [0.25, 0.3) is 0 Å². The summed E-state index contributed by atoms with van der Waals surface area (Å²) < 4.78 is 10.9. The summed E-state index contributed by atoms with van der Waals surface area (Å²) in [4.78, 5) is 18.5. The van der Waals surface area contributed by atoms with E-state index in [1.165, 1.54) is 0 Å². The highest BCUT2D eigenvalue weighted by Gasteiger charge is 2.23. The molecule has 7 heteroatoms. The number of hydrogen-bond donors (Lipinski definition) is 2. The molecule has 2 N–H and O–H groups in total. The van der Waals surface area contributed by atoms with Crippen LogP contribution in [0, 0.1) is 0 Å². The Bertz CT molecular complexity index is 647. The van der Waals surface area contributed by atoms with Gasteiger partial charge in [0, 0.05) is 13.1 Å². The number of rotatable bonds is 4. The maximum atomic E-state index is 11.9. The molecule has 1 aliphatic rings. The van der Waals surface area contributed by atoms with Gasteiger partial charge in [-0.2, -0.15) is 0 Å². The van der Waals surface area contributed by atoms with E-state index in [1.54, 1.807) is 24.6 Å². The lowest BCUT2D eigenvalue weighted by Crippen LogP contribution is -2.45. The molecule has 2 unspecified atom stereocenters. The Morgan fingerprint density at radius 1 is 1.29 bits per heavy atom. The summed E-state index contributed by atoms with van der Waals surface area (Å²) in [5, 5.41) is 5.48. The van der Waals surface area contributed by atoms with E-state index >= 15 is 0 Å². The van der Waals surface area contributed by atoms with Gasteiger partial charge in [0.05, 0.1) is 36.9 Å². The average molecular weight is 330 g/mol. The lowest BCUT2D eigenvalue weighted by molar-refractivity contribution is -0.00545. The Balaban J connectivity index is 1.53. The number of pyridine rings is 1. The Kier molecular flexibility index (Phi) is 5.00. The number of ether oxygens (including phenoxy) is 1. The minimum absolute atomic E-state index is 0.181. The monoisotopic (exact) mass is 330 g/mol. The molecule has 0 aliphatic carbocycles.